The van der Waals surface area contributed by atoms with Crippen LogP contribution in [0.3, 0.4) is 0 Å². The highest BCUT2D eigenvalue weighted by Crippen LogP contribution is 2.33. The van der Waals surface area contributed by atoms with Crippen LogP contribution in [0.5, 0.6) is 11.5 Å². The van der Waals surface area contributed by atoms with Gasteiger partial charge in [-0.05, 0) is 34.1 Å². The first-order valence-corrected chi connectivity index (χ1v) is 8.15. The maximum absolute atomic E-state index is 12.1. The Balaban J connectivity index is 2.64. The third kappa shape index (κ3) is 7.53. The van der Waals surface area contributed by atoms with Gasteiger partial charge in [0.15, 0.2) is 0 Å². The summed E-state index contributed by atoms with van der Waals surface area (Å²) < 4.78 is 67.2. The largest absolute Gasteiger partial charge is 0.573 e. The molecule has 0 heterocycles. The van der Waals surface area contributed by atoms with E-state index in [1.165, 1.54) is 12.1 Å². The van der Waals surface area contributed by atoms with E-state index in [1.807, 2.05) is 0 Å². The van der Waals surface area contributed by atoms with Crippen LogP contribution in [-0.4, -0.2) is 27.1 Å². The van der Waals surface area contributed by atoms with E-state index in [1.54, 1.807) is 6.92 Å². The van der Waals surface area contributed by atoms with E-state index in [-0.39, 0.29) is 28.5 Å². The maximum atomic E-state index is 12.1. The zero-order chi connectivity index (χ0) is 16.3. The van der Waals surface area contributed by atoms with Crippen LogP contribution in [0.4, 0.5) is 13.2 Å². The summed E-state index contributed by atoms with van der Waals surface area (Å²) in [6.07, 6.45) is -4.78. The van der Waals surface area contributed by atoms with Crippen molar-refractivity contribution >= 4 is 26.0 Å². The average Bonchev–Trinajstić information content (AvgIpc) is 2.26. The first-order valence-electron chi connectivity index (χ1n) is 5.65. The molecular formula is C11H13BrF3NO4S. The number of halogens is 4. The van der Waals surface area contributed by atoms with Crippen LogP contribution in [0.1, 0.15) is 6.92 Å². The fourth-order valence-electron chi connectivity index (χ4n) is 1.46. The van der Waals surface area contributed by atoms with Crippen molar-refractivity contribution in [1.29, 1.82) is 0 Å². The zero-order valence-electron chi connectivity index (χ0n) is 10.9. The zero-order valence-corrected chi connectivity index (χ0v) is 13.3. The van der Waals surface area contributed by atoms with Gasteiger partial charge in [0.2, 0.25) is 10.0 Å². The number of sulfonamides is 1. The molecule has 0 bridgehead atoms. The van der Waals surface area contributed by atoms with Gasteiger partial charge in [0.1, 0.15) is 11.5 Å². The van der Waals surface area contributed by atoms with Crippen molar-refractivity contribution in [1.82, 2.24) is 0 Å². The number of primary sulfonamides is 1. The van der Waals surface area contributed by atoms with Gasteiger partial charge >= 0.3 is 6.36 Å². The Morgan fingerprint density at radius 2 is 2.00 bits per heavy atom. The lowest BCUT2D eigenvalue weighted by Gasteiger charge is -2.14. The molecule has 1 atom stereocenters. The minimum Gasteiger partial charge on any atom is -0.493 e. The van der Waals surface area contributed by atoms with Gasteiger partial charge in [-0.1, -0.05) is 6.92 Å². The summed E-state index contributed by atoms with van der Waals surface area (Å²) in [7, 11) is -3.60. The first kappa shape index (κ1) is 18.1. The molecule has 0 radical (unpaired) electrons. The summed E-state index contributed by atoms with van der Waals surface area (Å²) >= 11 is 2.93. The molecule has 0 spiro atoms. The second kappa shape index (κ2) is 6.84. The highest BCUT2D eigenvalue weighted by Gasteiger charge is 2.32. The Morgan fingerprint density at radius 3 is 2.48 bits per heavy atom. The van der Waals surface area contributed by atoms with Gasteiger partial charge in [-0.25, -0.2) is 13.6 Å². The smallest absolute Gasteiger partial charge is 0.493 e. The third-order valence-electron chi connectivity index (χ3n) is 2.18. The van der Waals surface area contributed by atoms with E-state index in [4.69, 9.17) is 9.88 Å². The number of alkyl halides is 3. The van der Waals surface area contributed by atoms with Crippen LogP contribution in [0.25, 0.3) is 0 Å². The molecule has 0 saturated carbocycles. The van der Waals surface area contributed by atoms with E-state index in [9.17, 15) is 21.6 Å². The van der Waals surface area contributed by atoms with Gasteiger partial charge in [0.25, 0.3) is 0 Å². The van der Waals surface area contributed by atoms with Crippen molar-refractivity contribution in [3.63, 3.8) is 0 Å². The second-order valence-corrected chi connectivity index (χ2v) is 6.90. The monoisotopic (exact) mass is 391 g/mol. The van der Waals surface area contributed by atoms with E-state index in [0.717, 1.165) is 6.07 Å². The summed E-state index contributed by atoms with van der Waals surface area (Å²) in [5, 5.41) is 4.89. The lowest BCUT2D eigenvalue weighted by Crippen LogP contribution is -2.25. The van der Waals surface area contributed by atoms with Gasteiger partial charge in [0, 0.05) is 5.92 Å². The SMILES string of the molecule is CC(COc1ccc(OC(F)(F)F)c(Br)c1)CS(N)(=O)=O. The first-order chi connectivity index (χ1) is 9.46. The lowest BCUT2D eigenvalue weighted by atomic mass is 10.2. The highest BCUT2D eigenvalue weighted by atomic mass is 79.9. The molecule has 0 aliphatic carbocycles. The van der Waals surface area contributed by atoms with Crippen LogP contribution in [0.2, 0.25) is 0 Å². The summed E-state index contributed by atoms with van der Waals surface area (Å²) in [6.45, 7) is 1.68. The van der Waals surface area contributed by atoms with Crippen LogP contribution in [0, 0.1) is 5.92 Å². The number of hydrogen-bond acceptors (Lipinski definition) is 4. The Morgan fingerprint density at radius 1 is 1.38 bits per heavy atom. The molecule has 5 nitrogen and oxygen atoms in total. The topological polar surface area (TPSA) is 78.6 Å². The second-order valence-electron chi connectivity index (χ2n) is 4.39. The highest BCUT2D eigenvalue weighted by molar-refractivity contribution is 9.10. The fraction of sp³-hybridized carbons (Fsp3) is 0.455. The molecule has 1 rings (SSSR count). The molecule has 0 aliphatic rings. The Labute approximate surface area is 128 Å². The molecule has 0 saturated heterocycles. The molecule has 0 fully saturated rings. The molecule has 0 amide bonds. The standard InChI is InChI=1S/C11H13BrF3NO4S/c1-7(6-21(16,17)18)5-19-8-2-3-10(9(12)4-8)20-11(13,14)15/h2-4,7H,5-6H2,1H3,(H2,16,17,18). The average molecular weight is 392 g/mol. The summed E-state index contributed by atoms with van der Waals surface area (Å²) in [6, 6.07) is 3.68. The molecule has 1 aromatic carbocycles. The molecule has 120 valence electrons. The number of benzene rings is 1. The van der Waals surface area contributed by atoms with E-state index < -0.39 is 22.1 Å². The Hall–Kier alpha value is -1.00. The van der Waals surface area contributed by atoms with Gasteiger partial charge in [0.05, 0.1) is 16.8 Å². The third-order valence-corrected chi connectivity index (χ3v) is 3.83. The fourth-order valence-corrected chi connectivity index (χ4v) is 2.79. The van der Waals surface area contributed by atoms with Crippen molar-refractivity contribution in [3.8, 4) is 11.5 Å². The van der Waals surface area contributed by atoms with Crippen LogP contribution in [-0.2, 0) is 10.0 Å². The Bertz CT molecular complexity index is 592. The van der Waals surface area contributed by atoms with Crippen LogP contribution >= 0.6 is 15.9 Å². The van der Waals surface area contributed by atoms with Crippen molar-refractivity contribution < 1.29 is 31.1 Å². The Kier molecular flexibility index (Phi) is 5.88. The molecule has 0 aliphatic heterocycles. The predicted octanol–water partition coefficient (Wildman–Crippen LogP) is 2.65. The van der Waals surface area contributed by atoms with Gasteiger partial charge in [-0.15, -0.1) is 13.2 Å². The quantitative estimate of drug-likeness (QED) is 0.808. The summed E-state index contributed by atoms with van der Waals surface area (Å²) in [4.78, 5) is 0. The van der Waals surface area contributed by atoms with Gasteiger partial charge in [-0.2, -0.15) is 0 Å². The molecule has 21 heavy (non-hydrogen) atoms. The molecule has 2 N–H and O–H groups in total. The summed E-state index contributed by atoms with van der Waals surface area (Å²) in [5.41, 5.74) is 0. The number of ether oxygens (including phenoxy) is 2. The number of hydrogen-bond donors (Lipinski definition) is 1. The van der Waals surface area contributed by atoms with Gasteiger partial charge < -0.3 is 9.47 Å². The minimum absolute atomic E-state index is 0.0579. The molecule has 1 unspecified atom stereocenters. The van der Waals surface area contributed by atoms with Crippen molar-refractivity contribution in [2.75, 3.05) is 12.4 Å². The maximum Gasteiger partial charge on any atom is 0.573 e. The molecule has 10 heteroatoms. The summed E-state index contributed by atoms with van der Waals surface area (Å²) in [5.74, 6) is -0.723. The van der Waals surface area contributed by atoms with Crippen LogP contribution < -0.4 is 14.6 Å². The lowest BCUT2D eigenvalue weighted by molar-refractivity contribution is -0.274. The van der Waals surface area contributed by atoms with E-state index in [2.05, 4.69) is 20.7 Å². The molecule has 1 aromatic rings. The van der Waals surface area contributed by atoms with E-state index >= 15 is 0 Å². The van der Waals surface area contributed by atoms with Crippen molar-refractivity contribution in [3.05, 3.63) is 22.7 Å². The number of rotatable bonds is 6. The van der Waals surface area contributed by atoms with E-state index in [0.29, 0.717) is 0 Å². The normalized spacial score (nSPS) is 13.8. The van der Waals surface area contributed by atoms with Crippen LogP contribution in [0.15, 0.2) is 22.7 Å². The van der Waals surface area contributed by atoms with Gasteiger partial charge in [-0.3, -0.25) is 0 Å². The number of nitrogens with two attached hydrogens (primary N) is 1. The predicted molar refractivity (Wildman–Crippen MR) is 73.5 cm³/mol. The molecular weight excluding hydrogens is 379 g/mol. The van der Waals surface area contributed by atoms with Crippen molar-refractivity contribution in [2.45, 2.75) is 13.3 Å². The molecule has 0 aromatic heterocycles. The minimum atomic E-state index is -4.78. The van der Waals surface area contributed by atoms with Crippen molar-refractivity contribution in [2.24, 2.45) is 11.1 Å².